The first-order valence-corrected chi connectivity index (χ1v) is 14.0. The van der Waals surface area contributed by atoms with E-state index in [0.29, 0.717) is 16.8 Å². The Bertz CT molecular complexity index is 1970. The Morgan fingerprint density at radius 2 is 1.48 bits per heavy atom. The molecule has 1 unspecified atom stereocenters. The van der Waals surface area contributed by atoms with E-state index in [1.807, 2.05) is 95.7 Å². The number of rotatable bonds is 6. The molecule has 0 bridgehead atoms. The Labute approximate surface area is 242 Å². The van der Waals surface area contributed by atoms with E-state index in [1.165, 1.54) is 6.07 Å². The minimum absolute atomic E-state index is 0.0675. The molecule has 1 N–H and O–H groups in total. The lowest BCUT2D eigenvalue weighted by Gasteiger charge is -2.42. The molecule has 0 aliphatic heterocycles. The normalized spacial score (nSPS) is 14.9. The van der Waals surface area contributed by atoms with Gasteiger partial charge in [0.1, 0.15) is 17.1 Å². The van der Waals surface area contributed by atoms with Gasteiger partial charge in [-0.05, 0) is 46.5 Å². The van der Waals surface area contributed by atoms with Crippen LogP contribution >= 0.6 is 0 Å². The summed E-state index contributed by atoms with van der Waals surface area (Å²) in [5, 5.41) is 17.4. The molecule has 1 aromatic heterocycles. The van der Waals surface area contributed by atoms with Crippen LogP contribution in [-0.4, -0.2) is 20.9 Å². The molecular weight excluding hydrogens is 523 g/mol. The van der Waals surface area contributed by atoms with E-state index in [0.717, 1.165) is 28.3 Å². The molecule has 0 saturated heterocycles. The number of carboxylic acid groups (broad SMARTS) is 1. The van der Waals surface area contributed by atoms with Crippen molar-refractivity contribution >= 4 is 27.6 Å². The van der Waals surface area contributed by atoms with E-state index in [9.17, 15) is 9.90 Å². The van der Waals surface area contributed by atoms with Gasteiger partial charge in [0.2, 0.25) is 0 Å². The average Bonchev–Trinajstić information content (AvgIpc) is 3.43. The zero-order valence-electron chi connectivity index (χ0n) is 22.7. The number of carboxylic acids is 1. The number of aromatic carboxylic acids is 1. The van der Waals surface area contributed by atoms with E-state index in [1.54, 1.807) is 6.07 Å². The lowest BCUT2D eigenvalue weighted by molar-refractivity contribution is 0.0692. The summed E-state index contributed by atoms with van der Waals surface area (Å²) in [6.45, 7) is 0. The first-order valence-electron chi connectivity index (χ1n) is 14.0. The van der Waals surface area contributed by atoms with Crippen molar-refractivity contribution in [1.29, 1.82) is 0 Å². The maximum absolute atomic E-state index is 16.4. The van der Waals surface area contributed by atoms with Gasteiger partial charge in [-0.25, -0.2) is 13.9 Å². The third-order valence-corrected chi connectivity index (χ3v) is 8.32. The van der Waals surface area contributed by atoms with Crippen molar-refractivity contribution in [2.75, 3.05) is 0 Å². The van der Waals surface area contributed by atoms with Crippen molar-refractivity contribution in [1.82, 2.24) is 9.78 Å². The van der Waals surface area contributed by atoms with Gasteiger partial charge in [-0.2, -0.15) is 5.10 Å². The van der Waals surface area contributed by atoms with Crippen molar-refractivity contribution in [3.63, 3.8) is 0 Å². The van der Waals surface area contributed by atoms with Crippen LogP contribution in [0.3, 0.4) is 0 Å². The number of benzene rings is 5. The van der Waals surface area contributed by atoms with Crippen molar-refractivity contribution in [3.05, 3.63) is 162 Å². The van der Waals surface area contributed by atoms with E-state index in [4.69, 9.17) is 5.10 Å². The molecule has 0 radical (unpaired) electrons. The van der Waals surface area contributed by atoms with Crippen LogP contribution in [0.1, 0.15) is 27.9 Å². The average molecular weight is 551 g/mol. The van der Waals surface area contributed by atoms with Crippen LogP contribution in [0.25, 0.3) is 32.9 Å². The molecule has 1 atom stereocenters. The number of fused-ring (bicyclic) bond motifs is 2. The van der Waals surface area contributed by atoms with E-state index >= 15 is 4.39 Å². The first kappa shape index (κ1) is 25.7. The standard InChI is InChI=1S/C37H27FN2O2/c38-34-31(36(41)42)22-23-32-33(34)35(27-21-20-25-12-10-11-13-26(25)24-27)39-40(32)37(28-14-4-1-5-15-28,29-16-6-2-7-17-29)30-18-8-3-9-19-30/h1-18,20-24,30H,19H2,(H,41,42). The summed E-state index contributed by atoms with van der Waals surface area (Å²) in [7, 11) is 0. The second-order valence-electron chi connectivity index (χ2n) is 10.6. The highest BCUT2D eigenvalue weighted by molar-refractivity contribution is 6.01. The molecule has 4 nitrogen and oxygen atoms in total. The van der Waals surface area contributed by atoms with Crippen molar-refractivity contribution < 1.29 is 14.3 Å². The molecule has 5 heteroatoms. The topological polar surface area (TPSA) is 55.1 Å². The summed E-state index contributed by atoms with van der Waals surface area (Å²) in [6, 6.07) is 37.3. The number of aromatic nitrogens is 2. The van der Waals surface area contributed by atoms with E-state index in [-0.39, 0.29) is 16.9 Å². The highest BCUT2D eigenvalue weighted by Crippen LogP contribution is 2.47. The van der Waals surface area contributed by atoms with Gasteiger partial charge in [0.05, 0.1) is 16.5 Å². The summed E-state index contributed by atoms with van der Waals surface area (Å²) >= 11 is 0. The van der Waals surface area contributed by atoms with Crippen LogP contribution in [0.4, 0.5) is 4.39 Å². The minimum atomic E-state index is -1.32. The zero-order chi connectivity index (χ0) is 28.7. The first-order chi connectivity index (χ1) is 20.6. The summed E-state index contributed by atoms with van der Waals surface area (Å²) < 4.78 is 18.3. The lowest BCUT2D eigenvalue weighted by atomic mass is 9.70. The third-order valence-electron chi connectivity index (χ3n) is 8.32. The van der Waals surface area contributed by atoms with E-state index in [2.05, 4.69) is 36.4 Å². The smallest absolute Gasteiger partial charge is 0.338 e. The van der Waals surface area contributed by atoms with Crippen LogP contribution in [0.2, 0.25) is 0 Å². The van der Waals surface area contributed by atoms with Gasteiger partial charge in [-0.15, -0.1) is 0 Å². The van der Waals surface area contributed by atoms with Gasteiger partial charge in [0.25, 0.3) is 0 Å². The van der Waals surface area contributed by atoms with Crippen molar-refractivity contribution in [2.45, 2.75) is 12.0 Å². The molecular formula is C37H27FN2O2. The molecule has 42 heavy (non-hydrogen) atoms. The van der Waals surface area contributed by atoms with Gasteiger partial charge in [-0.3, -0.25) is 0 Å². The van der Waals surface area contributed by atoms with Gasteiger partial charge in [-0.1, -0.05) is 121 Å². The van der Waals surface area contributed by atoms with Crippen molar-refractivity contribution in [3.8, 4) is 11.3 Å². The molecule has 204 valence electrons. The molecule has 1 aliphatic carbocycles. The number of hydrogen-bond donors (Lipinski definition) is 1. The highest BCUT2D eigenvalue weighted by Gasteiger charge is 2.45. The largest absolute Gasteiger partial charge is 0.478 e. The molecule has 5 aromatic carbocycles. The second kappa shape index (κ2) is 10.3. The number of allylic oxidation sites excluding steroid dienone is 4. The Morgan fingerprint density at radius 3 is 2.12 bits per heavy atom. The fraction of sp³-hybridized carbons (Fsp3) is 0.0811. The quantitative estimate of drug-likeness (QED) is 0.226. The fourth-order valence-corrected chi connectivity index (χ4v) is 6.42. The molecule has 7 rings (SSSR count). The molecule has 1 heterocycles. The second-order valence-corrected chi connectivity index (χ2v) is 10.6. The zero-order valence-corrected chi connectivity index (χ0v) is 22.7. The number of hydrogen-bond acceptors (Lipinski definition) is 2. The lowest BCUT2D eigenvalue weighted by Crippen LogP contribution is -2.44. The molecule has 6 aromatic rings. The van der Waals surface area contributed by atoms with Gasteiger partial charge in [0, 0.05) is 11.5 Å². The van der Waals surface area contributed by atoms with Crippen LogP contribution in [0.15, 0.2) is 140 Å². The van der Waals surface area contributed by atoms with Gasteiger partial charge >= 0.3 is 5.97 Å². The number of nitrogens with zero attached hydrogens (tertiary/aromatic N) is 2. The molecule has 0 saturated carbocycles. The maximum atomic E-state index is 16.4. The SMILES string of the molecule is O=C(O)c1ccc2c(c(-c3ccc4ccccc4c3)nn2C(c2ccccc2)(c2ccccc2)C2C=CC=CC2)c1F. The van der Waals surface area contributed by atoms with Crippen LogP contribution in [-0.2, 0) is 5.54 Å². The Kier molecular flexibility index (Phi) is 6.28. The predicted molar refractivity (Wildman–Crippen MR) is 165 cm³/mol. The Morgan fingerprint density at radius 1 is 0.810 bits per heavy atom. The van der Waals surface area contributed by atoms with Crippen LogP contribution in [0, 0.1) is 11.7 Å². The molecule has 0 amide bonds. The number of halogens is 1. The van der Waals surface area contributed by atoms with Crippen LogP contribution < -0.4 is 0 Å². The summed E-state index contributed by atoms with van der Waals surface area (Å²) in [5.74, 6) is -2.17. The minimum Gasteiger partial charge on any atom is -0.478 e. The summed E-state index contributed by atoms with van der Waals surface area (Å²) in [6.07, 6.45) is 9.16. The molecule has 0 fully saturated rings. The predicted octanol–water partition coefficient (Wildman–Crippen LogP) is 8.62. The third kappa shape index (κ3) is 3.97. The van der Waals surface area contributed by atoms with Crippen LogP contribution in [0.5, 0.6) is 0 Å². The molecule has 0 spiro atoms. The Hall–Kier alpha value is -5.29. The van der Waals surface area contributed by atoms with Gasteiger partial charge in [0.15, 0.2) is 0 Å². The van der Waals surface area contributed by atoms with Crippen molar-refractivity contribution in [2.24, 2.45) is 5.92 Å². The fourth-order valence-electron chi connectivity index (χ4n) is 6.42. The summed E-state index contributed by atoms with van der Waals surface area (Å²) in [4.78, 5) is 12.1. The highest BCUT2D eigenvalue weighted by atomic mass is 19.1. The van der Waals surface area contributed by atoms with Gasteiger partial charge < -0.3 is 5.11 Å². The molecule has 1 aliphatic rings. The summed E-state index contributed by atoms with van der Waals surface area (Å²) in [5.41, 5.74) is 2.40. The Balaban J connectivity index is 1.63. The monoisotopic (exact) mass is 550 g/mol. The maximum Gasteiger partial charge on any atom is 0.338 e. The van der Waals surface area contributed by atoms with E-state index < -0.39 is 17.3 Å². The number of carbonyl (C=O) groups is 1.